The third kappa shape index (κ3) is 2.44. The van der Waals surface area contributed by atoms with Gasteiger partial charge in [0.2, 0.25) is 0 Å². The molecule has 7 heteroatoms. The molecule has 0 radical (unpaired) electrons. The van der Waals surface area contributed by atoms with Gasteiger partial charge >= 0.3 is 6.18 Å². The average Bonchev–Trinajstić information content (AvgIpc) is 2.01. The van der Waals surface area contributed by atoms with Gasteiger partial charge in [0, 0.05) is 0 Å². The van der Waals surface area contributed by atoms with E-state index in [-0.39, 0.29) is 6.42 Å². The minimum Gasteiger partial charge on any atom is -0.284 e. The number of piperidine rings is 1. The smallest absolute Gasteiger partial charge is 0.284 e. The Kier molecular flexibility index (Phi) is 3.51. The minimum absolute atomic E-state index is 0.327. The quantitative estimate of drug-likeness (QED) is 0.527. The highest BCUT2D eigenvalue weighted by Crippen LogP contribution is 2.40. The molecule has 4 unspecified atom stereocenters. The zero-order valence-corrected chi connectivity index (χ0v) is 8.37. The van der Waals surface area contributed by atoms with E-state index in [0.29, 0.717) is 0 Å². The normalized spacial score (nSPS) is 39.1. The van der Waals surface area contributed by atoms with Crippen LogP contribution in [0.15, 0.2) is 0 Å². The van der Waals surface area contributed by atoms with Crippen LogP contribution in [0.1, 0.15) is 6.42 Å². The van der Waals surface area contributed by atoms with Gasteiger partial charge in [-0.3, -0.25) is 5.32 Å². The number of hydrogen-bond donors (Lipinski definition) is 1. The zero-order chi connectivity index (χ0) is 10.9. The largest absolute Gasteiger partial charge is 0.393 e. The van der Waals surface area contributed by atoms with Gasteiger partial charge in [-0.25, -0.2) is 0 Å². The molecule has 0 aliphatic carbocycles. The molecule has 1 rings (SSSR count). The van der Waals surface area contributed by atoms with Crippen LogP contribution in [0.5, 0.6) is 0 Å². The molecule has 0 spiro atoms. The molecule has 1 fully saturated rings. The van der Waals surface area contributed by atoms with Crippen molar-refractivity contribution in [2.45, 2.75) is 23.6 Å². The summed E-state index contributed by atoms with van der Waals surface area (Å²) in [4.78, 5) is 0. The van der Waals surface area contributed by atoms with E-state index in [4.69, 9.17) is 28.5 Å². The summed E-state index contributed by atoms with van der Waals surface area (Å²) in [6.07, 6.45) is -4.75. The molecule has 1 aliphatic heterocycles. The summed E-state index contributed by atoms with van der Waals surface area (Å²) in [5.74, 6) is -3.04. The van der Waals surface area contributed by atoms with E-state index in [1.165, 1.54) is 0 Å². The molecule has 0 saturated carbocycles. The van der Waals surface area contributed by atoms with Gasteiger partial charge in [-0.1, -0.05) is 0 Å². The number of nitrogens with zero attached hydrogens (tertiary/aromatic N) is 1. The van der Waals surface area contributed by atoms with Gasteiger partial charge in [0.05, 0.1) is 23.4 Å². The highest BCUT2D eigenvalue weighted by molar-refractivity contribution is 6.23. The fourth-order valence-electron chi connectivity index (χ4n) is 1.41. The van der Waals surface area contributed by atoms with Crippen LogP contribution >= 0.6 is 23.2 Å². The number of nitrogens with one attached hydrogen (secondary N) is 1. The number of hydrogen-bond acceptors (Lipinski definition) is 2. The van der Waals surface area contributed by atoms with Crippen molar-refractivity contribution in [2.24, 2.45) is 11.8 Å². The van der Waals surface area contributed by atoms with Crippen LogP contribution in [0, 0.1) is 23.2 Å². The molecule has 0 aromatic carbocycles. The second-order valence-electron chi connectivity index (χ2n) is 3.07. The fraction of sp³-hybridized carbons (Fsp3) is 0.857. The molecule has 1 heterocycles. The first kappa shape index (κ1) is 11.9. The zero-order valence-electron chi connectivity index (χ0n) is 6.85. The van der Waals surface area contributed by atoms with Crippen molar-refractivity contribution < 1.29 is 13.2 Å². The van der Waals surface area contributed by atoms with Crippen molar-refractivity contribution in [3.8, 4) is 6.07 Å². The Morgan fingerprint density at radius 1 is 1.36 bits per heavy atom. The molecule has 1 saturated heterocycles. The third-order valence-electron chi connectivity index (χ3n) is 2.12. The molecule has 1 aliphatic rings. The van der Waals surface area contributed by atoms with Crippen LogP contribution in [-0.2, 0) is 0 Å². The van der Waals surface area contributed by atoms with Crippen molar-refractivity contribution in [3.63, 3.8) is 0 Å². The number of nitriles is 1. The van der Waals surface area contributed by atoms with Crippen molar-refractivity contribution in [1.82, 2.24) is 5.32 Å². The highest BCUT2D eigenvalue weighted by atomic mass is 35.5. The number of rotatable bonds is 0. The molecule has 0 aromatic rings. The maximum absolute atomic E-state index is 12.4. The minimum atomic E-state index is -4.43. The van der Waals surface area contributed by atoms with Crippen LogP contribution in [0.25, 0.3) is 0 Å². The van der Waals surface area contributed by atoms with Crippen molar-refractivity contribution in [3.05, 3.63) is 0 Å². The Labute approximate surface area is 89.0 Å². The van der Waals surface area contributed by atoms with E-state index < -0.39 is 29.0 Å². The topological polar surface area (TPSA) is 35.8 Å². The van der Waals surface area contributed by atoms with Gasteiger partial charge in [-0.2, -0.15) is 18.4 Å². The molecule has 14 heavy (non-hydrogen) atoms. The van der Waals surface area contributed by atoms with Crippen LogP contribution in [0.4, 0.5) is 13.2 Å². The van der Waals surface area contributed by atoms with Gasteiger partial charge in [0.25, 0.3) is 0 Å². The van der Waals surface area contributed by atoms with Gasteiger partial charge in [0.1, 0.15) is 5.50 Å². The van der Waals surface area contributed by atoms with E-state index in [1.54, 1.807) is 6.07 Å². The molecule has 1 N–H and O–H groups in total. The second-order valence-corrected chi connectivity index (χ2v) is 4.07. The Balaban J connectivity index is 2.85. The van der Waals surface area contributed by atoms with Crippen LogP contribution in [0.2, 0.25) is 0 Å². The summed E-state index contributed by atoms with van der Waals surface area (Å²) in [7, 11) is 0. The van der Waals surface area contributed by atoms with E-state index in [2.05, 4.69) is 5.32 Å². The highest BCUT2D eigenvalue weighted by Gasteiger charge is 2.50. The SMILES string of the molecule is N#CC1C(Cl)NC(Cl)CC1C(F)(F)F. The van der Waals surface area contributed by atoms with E-state index >= 15 is 0 Å². The molecule has 0 aromatic heterocycles. The number of halogens is 5. The van der Waals surface area contributed by atoms with Gasteiger partial charge < -0.3 is 0 Å². The van der Waals surface area contributed by atoms with E-state index in [0.717, 1.165) is 0 Å². The summed E-state index contributed by atoms with van der Waals surface area (Å²) in [5, 5.41) is 11.1. The molecular weight excluding hydrogens is 240 g/mol. The molecule has 0 bridgehead atoms. The lowest BCUT2D eigenvalue weighted by Crippen LogP contribution is -2.50. The predicted octanol–water partition coefficient (Wildman–Crippen LogP) is 2.43. The molecule has 0 amide bonds. The summed E-state index contributed by atoms with van der Waals surface area (Å²) in [5.41, 5.74) is -1.89. The lowest BCUT2D eigenvalue weighted by molar-refractivity contribution is -0.191. The lowest BCUT2D eigenvalue weighted by Gasteiger charge is -2.35. The van der Waals surface area contributed by atoms with Gasteiger partial charge in [-0.15, -0.1) is 23.2 Å². The summed E-state index contributed by atoms with van der Waals surface area (Å²) >= 11 is 11.1. The Morgan fingerprint density at radius 3 is 2.36 bits per heavy atom. The standard InChI is InChI=1S/C7H7Cl2F3N2/c8-5-1-4(7(10,11)12)3(2-13)6(9)14-5/h3-6,14H,1H2. The Morgan fingerprint density at radius 2 is 1.93 bits per heavy atom. The maximum atomic E-state index is 12.4. The lowest BCUT2D eigenvalue weighted by atomic mass is 9.86. The van der Waals surface area contributed by atoms with Gasteiger partial charge in [-0.05, 0) is 6.42 Å². The van der Waals surface area contributed by atoms with E-state index in [1.807, 2.05) is 0 Å². The van der Waals surface area contributed by atoms with E-state index in [9.17, 15) is 13.2 Å². The summed E-state index contributed by atoms with van der Waals surface area (Å²) in [6.45, 7) is 0. The molecule has 4 atom stereocenters. The first-order chi connectivity index (χ1) is 6.36. The number of alkyl halides is 5. The second kappa shape index (κ2) is 4.13. The van der Waals surface area contributed by atoms with Crippen LogP contribution < -0.4 is 5.32 Å². The van der Waals surface area contributed by atoms with Crippen LogP contribution in [-0.4, -0.2) is 17.2 Å². The maximum Gasteiger partial charge on any atom is 0.393 e. The molecule has 2 nitrogen and oxygen atoms in total. The molecular formula is C7H7Cl2F3N2. The Bertz CT molecular complexity index is 250. The van der Waals surface area contributed by atoms with Crippen molar-refractivity contribution in [1.29, 1.82) is 5.26 Å². The van der Waals surface area contributed by atoms with Crippen LogP contribution in [0.3, 0.4) is 0 Å². The summed E-state index contributed by atoms with van der Waals surface area (Å²) in [6, 6.07) is 1.56. The third-order valence-corrected chi connectivity index (χ3v) is 2.82. The Hall–Kier alpha value is -0.180. The first-order valence-electron chi connectivity index (χ1n) is 3.86. The average molecular weight is 247 g/mol. The monoisotopic (exact) mass is 246 g/mol. The van der Waals surface area contributed by atoms with Crippen molar-refractivity contribution in [2.75, 3.05) is 0 Å². The molecule has 80 valence electrons. The summed E-state index contributed by atoms with van der Waals surface area (Å²) < 4.78 is 37.3. The predicted molar refractivity (Wildman–Crippen MR) is 45.7 cm³/mol. The fourth-order valence-corrected chi connectivity index (χ4v) is 2.19. The van der Waals surface area contributed by atoms with Gasteiger partial charge in [0.15, 0.2) is 0 Å². The first-order valence-corrected chi connectivity index (χ1v) is 4.74. The van der Waals surface area contributed by atoms with Crippen molar-refractivity contribution >= 4 is 23.2 Å².